The average Bonchev–Trinajstić information content (AvgIpc) is 3.06. The Balaban J connectivity index is 0.00000312. The summed E-state index contributed by atoms with van der Waals surface area (Å²) in [4.78, 5) is 22.1. The smallest absolute Gasteiger partial charge is 0.227 e. The molecule has 0 saturated carbocycles. The zero-order chi connectivity index (χ0) is 17.5. The first kappa shape index (κ1) is 24.3. The number of hydrogen-bond acceptors (Lipinski definition) is 6. The number of rotatable bonds is 8. The Hall–Kier alpha value is -1.70. The molecule has 0 aromatic carbocycles. The van der Waals surface area contributed by atoms with E-state index in [0.717, 1.165) is 12.0 Å². The maximum absolute atomic E-state index is 12.2. The van der Waals surface area contributed by atoms with Gasteiger partial charge in [0, 0.05) is 50.4 Å². The lowest BCUT2D eigenvalue weighted by Gasteiger charge is -2.21. The summed E-state index contributed by atoms with van der Waals surface area (Å²) in [5.74, 6) is 1.44. The van der Waals surface area contributed by atoms with Gasteiger partial charge in [-0.3, -0.25) is 9.78 Å². The molecule has 0 spiro atoms. The summed E-state index contributed by atoms with van der Waals surface area (Å²) in [5.41, 5.74) is 6.85. The molecule has 2 heterocycles. The fourth-order valence-corrected chi connectivity index (χ4v) is 2.18. The molecule has 2 aromatic rings. The molecule has 2 aromatic heterocycles. The topological polar surface area (TPSA) is 98.1 Å². The number of hydrogen-bond donors (Lipinski definition) is 1. The molecule has 1 atom stereocenters. The van der Waals surface area contributed by atoms with Crippen molar-refractivity contribution < 1.29 is 9.32 Å². The molecule has 0 aliphatic rings. The van der Waals surface area contributed by atoms with Gasteiger partial charge in [-0.15, -0.1) is 24.8 Å². The number of halogens is 2. The van der Waals surface area contributed by atoms with Crippen molar-refractivity contribution in [2.24, 2.45) is 11.7 Å². The van der Waals surface area contributed by atoms with Crippen LogP contribution in [-0.4, -0.2) is 45.6 Å². The lowest BCUT2D eigenvalue weighted by Crippen LogP contribution is -2.34. The SMILES string of the molecule is CC(C)C(N)CCN(C)C(=O)CCc1nc(-c2ccncc2)no1.Cl.Cl. The monoisotopic (exact) mass is 403 g/mol. The lowest BCUT2D eigenvalue weighted by atomic mass is 10.0. The van der Waals surface area contributed by atoms with Gasteiger partial charge in [0.1, 0.15) is 0 Å². The number of amides is 1. The van der Waals surface area contributed by atoms with E-state index in [1.54, 1.807) is 24.3 Å². The van der Waals surface area contributed by atoms with Crippen LogP contribution in [0.15, 0.2) is 29.0 Å². The second-order valence-electron chi connectivity index (χ2n) is 6.26. The number of pyridine rings is 1. The van der Waals surface area contributed by atoms with Crippen LogP contribution < -0.4 is 5.73 Å². The molecule has 0 radical (unpaired) electrons. The van der Waals surface area contributed by atoms with Crippen LogP contribution in [0.3, 0.4) is 0 Å². The quantitative estimate of drug-likeness (QED) is 0.727. The van der Waals surface area contributed by atoms with Gasteiger partial charge in [-0.1, -0.05) is 19.0 Å². The Labute approximate surface area is 166 Å². The van der Waals surface area contributed by atoms with Crippen molar-refractivity contribution in [1.29, 1.82) is 0 Å². The first-order valence-corrected chi connectivity index (χ1v) is 8.20. The molecule has 26 heavy (non-hydrogen) atoms. The third kappa shape index (κ3) is 7.27. The molecule has 7 nitrogen and oxygen atoms in total. The van der Waals surface area contributed by atoms with Gasteiger partial charge in [-0.05, 0) is 24.5 Å². The summed E-state index contributed by atoms with van der Waals surface area (Å²) in [6.45, 7) is 4.83. The molecule has 9 heteroatoms. The van der Waals surface area contributed by atoms with Crippen molar-refractivity contribution in [3.05, 3.63) is 30.4 Å². The molecule has 2 rings (SSSR count). The van der Waals surface area contributed by atoms with Gasteiger partial charge in [0.15, 0.2) is 0 Å². The fourth-order valence-electron chi connectivity index (χ4n) is 2.18. The molecule has 1 amide bonds. The molecule has 146 valence electrons. The second-order valence-corrected chi connectivity index (χ2v) is 6.26. The Morgan fingerprint density at radius 3 is 2.54 bits per heavy atom. The highest BCUT2D eigenvalue weighted by molar-refractivity contribution is 5.85. The van der Waals surface area contributed by atoms with E-state index in [1.165, 1.54) is 0 Å². The average molecular weight is 404 g/mol. The van der Waals surface area contributed by atoms with Crippen LogP contribution in [0.1, 0.15) is 32.6 Å². The molecular formula is C17H27Cl2N5O2. The van der Waals surface area contributed by atoms with Gasteiger partial charge >= 0.3 is 0 Å². The predicted octanol–water partition coefficient (Wildman–Crippen LogP) is 2.74. The highest BCUT2D eigenvalue weighted by atomic mass is 35.5. The number of aromatic nitrogens is 3. The van der Waals surface area contributed by atoms with Gasteiger partial charge in [-0.25, -0.2) is 0 Å². The van der Waals surface area contributed by atoms with E-state index in [-0.39, 0.29) is 36.8 Å². The summed E-state index contributed by atoms with van der Waals surface area (Å²) < 4.78 is 5.21. The Morgan fingerprint density at radius 2 is 1.92 bits per heavy atom. The van der Waals surface area contributed by atoms with E-state index in [9.17, 15) is 4.79 Å². The number of aryl methyl sites for hydroxylation is 1. The summed E-state index contributed by atoms with van der Waals surface area (Å²) in [6.07, 6.45) is 4.91. The molecule has 0 saturated heterocycles. The summed E-state index contributed by atoms with van der Waals surface area (Å²) in [7, 11) is 1.80. The van der Waals surface area contributed by atoms with Crippen molar-refractivity contribution in [2.75, 3.05) is 13.6 Å². The van der Waals surface area contributed by atoms with Crippen molar-refractivity contribution in [3.63, 3.8) is 0 Å². The molecule has 2 N–H and O–H groups in total. The minimum absolute atomic E-state index is 0. The third-order valence-corrected chi connectivity index (χ3v) is 4.04. The van der Waals surface area contributed by atoms with Crippen LogP contribution in [0.5, 0.6) is 0 Å². The van der Waals surface area contributed by atoms with Crippen molar-refractivity contribution in [3.8, 4) is 11.4 Å². The van der Waals surface area contributed by atoms with E-state index >= 15 is 0 Å². The van der Waals surface area contributed by atoms with Crippen molar-refractivity contribution in [1.82, 2.24) is 20.0 Å². The number of carbonyl (C=O) groups is 1. The van der Waals surface area contributed by atoms with E-state index in [1.807, 2.05) is 12.1 Å². The Morgan fingerprint density at radius 1 is 1.27 bits per heavy atom. The van der Waals surface area contributed by atoms with E-state index in [4.69, 9.17) is 10.3 Å². The standard InChI is InChI=1S/C17H25N5O2.2ClH/c1-12(2)14(18)8-11-22(3)16(23)5-4-15-20-17(21-24-15)13-6-9-19-10-7-13;;/h6-7,9-10,12,14H,4-5,8,11,18H2,1-3H3;2*1H. The maximum atomic E-state index is 12.2. The van der Waals surface area contributed by atoms with Gasteiger partial charge in [0.05, 0.1) is 0 Å². The van der Waals surface area contributed by atoms with Gasteiger partial charge in [-0.2, -0.15) is 4.98 Å². The van der Waals surface area contributed by atoms with E-state index in [2.05, 4.69) is 29.0 Å². The second kappa shape index (κ2) is 11.8. The third-order valence-electron chi connectivity index (χ3n) is 4.04. The maximum Gasteiger partial charge on any atom is 0.227 e. The van der Waals surface area contributed by atoms with Crippen LogP contribution in [0.2, 0.25) is 0 Å². The van der Waals surface area contributed by atoms with Gasteiger partial charge in [0.2, 0.25) is 17.6 Å². The normalized spacial score (nSPS) is 11.4. The molecule has 0 fully saturated rings. The minimum atomic E-state index is 0. The van der Waals surface area contributed by atoms with E-state index in [0.29, 0.717) is 37.0 Å². The van der Waals surface area contributed by atoms with Crippen LogP contribution in [0.25, 0.3) is 11.4 Å². The largest absolute Gasteiger partial charge is 0.346 e. The highest BCUT2D eigenvalue weighted by Gasteiger charge is 2.15. The summed E-state index contributed by atoms with van der Waals surface area (Å²) >= 11 is 0. The summed E-state index contributed by atoms with van der Waals surface area (Å²) in [6, 6.07) is 3.73. The zero-order valence-corrected chi connectivity index (χ0v) is 16.9. The minimum Gasteiger partial charge on any atom is -0.346 e. The Bertz CT molecular complexity index is 652. The van der Waals surface area contributed by atoms with Crippen LogP contribution in [0, 0.1) is 5.92 Å². The molecule has 1 unspecified atom stereocenters. The molecule has 0 bridgehead atoms. The number of nitrogens with two attached hydrogens (primary N) is 1. The molecular weight excluding hydrogens is 377 g/mol. The van der Waals surface area contributed by atoms with Gasteiger partial charge in [0.25, 0.3) is 0 Å². The van der Waals surface area contributed by atoms with Crippen molar-refractivity contribution >= 4 is 30.7 Å². The predicted molar refractivity (Wildman–Crippen MR) is 105 cm³/mol. The lowest BCUT2D eigenvalue weighted by molar-refractivity contribution is -0.130. The number of carbonyl (C=O) groups excluding carboxylic acids is 1. The molecule has 0 aliphatic carbocycles. The molecule has 0 aliphatic heterocycles. The Kier molecular flexibility index (Phi) is 11.1. The van der Waals surface area contributed by atoms with E-state index < -0.39 is 0 Å². The first-order chi connectivity index (χ1) is 11.5. The fraction of sp³-hybridized carbons (Fsp3) is 0.529. The van der Waals surface area contributed by atoms with Crippen LogP contribution in [0.4, 0.5) is 0 Å². The van der Waals surface area contributed by atoms with Crippen molar-refractivity contribution in [2.45, 2.75) is 39.2 Å². The van der Waals surface area contributed by atoms with Crippen LogP contribution >= 0.6 is 24.8 Å². The first-order valence-electron chi connectivity index (χ1n) is 8.20. The highest BCUT2D eigenvalue weighted by Crippen LogP contribution is 2.15. The van der Waals surface area contributed by atoms with Gasteiger partial charge < -0.3 is 15.2 Å². The number of nitrogens with zero attached hydrogens (tertiary/aromatic N) is 4. The van der Waals surface area contributed by atoms with Crippen LogP contribution in [-0.2, 0) is 11.2 Å². The summed E-state index contributed by atoms with van der Waals surface area (Å²) in [5, 5.41) is 3.93. The zero-order valence-electron chi connectivity index (χ0n) is 15.3.